The largest absolute Gasteiger partial charge is 0.458 e. The Bertz CT molecular complexity index is 900. The molecule has 0 radical (unpaired) electrons. The average molecular weight is 416 g/mol. The molecule has 0 unspecified atom stereocenters. The van der Waals surface area contributed by atoms with Crippen molar-refractivity contribution in [3.8, 4) is 0 Å². The zero-order valence-corrected chi connectivity index (χ0v) is 18.3. The molecule has 0 aromatic heterocycles. The molecule has 154 valence electrons. The van der Waals surface area contributed by atoms with Crippen LogP contribution in [0.5, 0.6) is 0 Å². The normalized spacial score (nSPS) is 14.9. The van der Waals surface area contributed by atoms with E-state index >= 15 is 0 Å². The number of benzene rings is 2. The van der Waals surface area contributed by atoms with Gasteiger partial charge in [0.15, 0.2) is 11.3 Å². The first kappa shape index (κ1) is 21.4. The summed E-state index contributed by atoms with van der Waals surface area (Å²) in [5.74, 6) is -0.641. The highest BCUT2D eigenvalue weighted by molar-refractivity contribution is 7.78. The zero-order chi connectivity index (χ0) is 21.2. The van der Waals surface area contributed by atoms with Crippen molar-refractivity contribution in [2.75, 3.05) is 24.8 Å². The summed E-state index contributed by atoms with van der Waals surface area (Å²) in [5, 5.41) is 2.51. The van der Waals surface area contributed by atoms with Gasteiger partial charge in [0.25, 0.3) is 5.91 Å². The Morgan fingerprint density at radius 2 is 1.69 bits per heavy atom. The van der Waals surface area contributed by atoms with Gasteiger partial charge in [-0.15, -0.1) is 0 Å². The van der Waals surface area contributed by atoms with Gasteiger partial charge < -0.3 is 10.1 Å². The summed E-state index contributed by atoms with van der Waals surface area (Å²) < 4.78 is 19.0. The van der Waals surface area contributed by atoms with Gasteiger partial charge >= 0.3 is 5.97 Å². The summed E-state index contributed by atoms with van der Waals surface area (Å²) in [5.41, 5.74) is 3.00. The zero-order valence-electron chi connectivity index (χ0n) is 17.4. The van der Waals surface area contributed by atoms with E-state index in [1.54, 1.807) is 13.8 Å². The maximum atomic E-state index is 13.6. The lowest BCUT2D eigenvalue weighted by Gasteiger charge is -2.27. The number of hydrogen-bond donors (Lipinski definition) is 1. The number of carbonyl (C=O) groups is 2. The van der Waals surface area contributed by atoms with Gasteiger partial charge in [-0.1, -0.05) is 30.3 Å². The lowest BCUT2D eigenvalue weighted by Crippen LogP contribution is -2.35. The van der Waals surface area contributed by atoms with Crippen molar-refractivity contribution in [3.63, 3.8) is 0 Å². The number of ether oxygens (including phenoxy) is 1. The molecule has 0 bridgehead atoms. The van der Waals surface area contributed by atoms with Crippen molar-refractivity contribution >= 4 is 24.8 Å². The quantitative estimate of drug-likeness (QED) is 0.514. The predicted octanol–water partition coefficient (Wildman–Crippen LogP) is 4.93. The number of halogens is 1. The molecule has 0 aliphatic heterocycles. The number of hydrogen-bond acceptors (Lipinski definition) is 3. The molecular weight excluding hydrogens is 388 g/mol. The highest BCUT2D eigenvalue weighted by Crippen LogP contribution is 2.74. The van der Waals surface area contributed by atoms with Crippen molar-refractivity contribution in [3.05, 3.63) is 65.0 Å². The summed E-state index contributed by atoms with van der Waals surface area (Å²) >= 11 is 0. The topological polar surface area (TPSA) is 55.4 Å². The van der Waals surface area contributed by atoms with Gasteiger partial charge in [-0.05, 0) is 42.7 Å². The summed E-state index contributed by atoms with van der Waals surface area (Å²) in [6.45, 7) is 7.91. The van der Waals surface area contributed by atoms with Crippen molar-refractivity contribution in [1.29, 1.82) is 0 Å². The first-order valence-electron chi connectivity index (χ1n) is 9.75. The number of anilines is 1. The van der Waals surface area contributed by atoms with E-state index < -0.39 is 12.4 Å². The molecule has 0 atom stereocenters. The van der Waals surface area contributed by atoms with Crippen LogP contribution in [0.3, 0.4) is 0 Å². The molecule has 0 heterocycles. The van der Waals surface area contributed by atoms with Gasteiger partial charge in [-0.25, -0.2) is 9.18 Å². The second-order valence-corrected chi connectivity index (χ2v) is 12.9. The lowest BCUT2D eigenvalue weighted by atomic mass is 10.1. The molecule has 1 amide bonds. The van der Waals surface area contributed by atoms with E-state index in [1.165, 1.54) is 12.1 Å². The fourth-order valence-electron chi connectivity index (χ4n) is 3.82. The van der Waals surface area contributed by atoms with Crippen molar-refractivity contribution < 1.29 is 18.7 Å². The first-order chi connectivity index (χ1) is 13.6. The van der Waals surface area contributed by atoms with E-state index in [0.29, 0.717) is 16.8 Å². The number of nitrogens with one attached hydrogen (secondary N) is 1. The number of amides is 1. The first-order valence-corrected chi connectivity index (χ1v) is 12.6. The Morgan fingerprint density at radius 1 is 1.10 bits per heavy atom. The van der Waals surface area contributed by atoms with E-state index in [-0.39, 0.29) is 30.5 Å². The predicted molar refractivity (Wildman–Crippen MR) is 116 cm³/mol. The number of rotatable bonds is 7. The minimum Gasteiger partial charge on any atom is -0.458 e. The van der Waals surface area contributed by atoms with Crippen LogP contribution in [0.1, 0.15) is 29.5 Å². The van der Waals surface area contributed by atoms with Gasteiger partial charge in [0.1, 0.15) is 12.4 Å². The molecule has 3 rings (SSSR count). The maximum Gasteiger partial charge on any atom is 0.344 e. The second kappa shape index (κ2) is 8.23. The van der Waals surface area contributed by atoms with Crippen LogP contribution in [0, 0.1) is 19.7 Å². The third kappa shape index (κ3) is 4.67. The average Bonchev–Trinajstić information content (AvgIpc) is 3.46. The third-order valence-electron chi connectivity index (χ3n) is 5.81. The SMILES string of the molecule is Cc1cc(F)cc(C)c1NC(=O)C1([P+](C)(C)CC(=O)OCc2ccccc2)CC1. The summed E-state index contributed by atoms with van der Waals surface area (Å²) in [7, 11) is -1.91. The van der Waals surface area contributed by atoms with Crippen LogP contribution in [-0.2, 0) is 20.9 Å². The Kier molecular flexibility index (Phi) is 6.09. The van der Waals surface area contributed by atoms with Crippen LogP contribution >= 0.6 is 7.26 Å². The third-order valence-corrected chi connectivity index (χ3v) is 9.82. The van der Waals surface area contributed by atoms with Crippen LogP contribution in [0.25, 0.3) is 0 Å². The second-order valence-electron chi connectivity index (χ2n) is 8.39. The highest BCUT2D eigenvalue weighted by Gasteiger charge is 2.67. The van der Waals surface area contributed by atoms with E-state index in [2.05, 4.69) is 5.32 Å². The monoisotopic (exact) mass is 416 g/mol. The molecule has 0 spiro atoms. The molecule has 1 fully saturated rings. The Labute approximate surface area is 172 Å². The van der Waals surface area contributed by atoms with Crippen molar-refractivity contribution in [1.82, 2.24) is 0 Å². The Balaban J connectivity index is 1.66. The summed E-state index contributed by atoms with van der Waals surface area (Å²) in [4.78, 5) is 25.6. The fraction of sp³-hybridized carbons (Fsp3) is 0.391. The number of carbonyl (C=O) groups excluding carboxylic acids is 2. The minimum absolute atomic E-state index is 0.0653. The molecule has 4 nitrogen and oxygen atoms in total. The van der Waals surface area contributed by atoms with Crippen LogP contribution in [-0.4, -0.2) is 36.5 Å². The van der Waals surface area contributed by atoms with Gasteiger partial charge in [-0.3, -0.25) is 4.79 Å². The van der Waals surface area contributed by atoms with Gasteiger partial charge in [0.2, 0.25) is 0 Å². The molecule has 29 heavy (non-hydrogen) atoms. The molecule has 6 heteroatoms. The Morgan fingerprint density at radius 3 is 2.24 bits per heavy atom. The van der Waals surface area contributed by atoms with Gasteiger partial charge in [-0.2, -0.15) is 0 Å². The van der Waals surface area contributed by atoms with Crippen LogP contribution in [0.15, 0.2) is 42.5 Å². The van der Waals surface area contributed by atoms with Crippen molar-refractivity contribution in [2.45, 2.75) is 38.5 Å². The molecule has 1 N–H and O–H groups in total. The minimum atomic E-state index is -1.91. The molecule has 1 saturated carbocycles. The molecule has 1 aliphatic rings. The molecule has 2 aromatic carbocycles. The Hall–Kier alpha value is -2.26. The summed E-state index contributed by atoms with van der Waals surface area (Å²) in [6.07, 6.45) is 1.81. The number of esters is 1. The molecule has 1 aliphatic carbocycles. The van der Waals surface area contributed by atoms with Crippen LogP contribution in [0.4, 0.5) is 10.1 Å². The van der Waals surface area contributed by atoms with Crippen LogP contribution < -0.4 is 5.32 Å². The van der Waals surface area contributed by atoms with E-state index in [9.17, 15) is 14.0 Å². The van der Waals surface area contributed by atoms with E-state index in [1.807, 2.05) is 43.7 Å². The highest BCUT2D eigenvalue weighted by atomic mass is 31.2. The van der Waals surface area contributed by atoms with Gasteiger partial charge in [0.05, 0.1) is 13.3 Å². The lowest BCUT2D eigenvalue weighted by molar-refractivity contribution is -0.141. The number of aryl methyl sites for hydroxylation is 2. The standard InChI is InChI=1S/C23H27FNO3P/c1-16-12-19(24)13-17(2)21(16)25-22(27)23(10-11-23)29(3,4)15-20(26)28-14-18-8-6-5-7-9-18/h5-9,12-13H,10-11,14-15H2,1-4H3/p+1. The molecular formula is C23H28FNO3P+. The van der Waals surface area contributed by atoms with Gasteiger partial charge in [0, 0.05) is 25.8 Å². The smallest absolute Gasteiger partial charge is 0.344 e. The molecule has 0 saturated heterocycles. The van der Waals surface area contributed by atoms with Crippen LogP contribution in [0.2, 0.25) is 0 Å². The maximum absolute atomic E-state index is 13.6. The summed E-state index contributed by atoms with van der Waals surface area (Å²) in [6, 6.07) is 12.4. The van der Waals surface area contributed by atoms with E-state index in [4.69, 9.17) is 4.74 Å². The van der Waals surface area contributed by atoms with E-state index in [0.717, 1.165) is 18.4 Å². The molecule has 2 aromatic rings. The fourth-order valence-corrected chi connectivity index (χ4v) is 6.79. The van der Waals surface area contributed by atoms with Crippen molar-refractivity contribution in [2.24, 2.45) is 0 Å².